The summed E-state index contributed by atoms with van der Waals surface area (Å²) in [4.78, 5) is 0. The number of ether oxygens (including phenoxy) is 1. The lowest BCUT2D eigenvalue weighted by atomic mass is 10.1. The molecule has 0 bridgehead atoms. The van der Waals surface area contributed by atoms with Gasteiger partial charge in [-0.1, -0.05) is 18.2 Å². The van der Waals surface area contributed by atoms with Gasteiger partial charge in [0.25, 0.3) is 0 Å². The lowest BCUT2D eigenvalue weighted by molar-refractivity contribution is 0.305. The van der Waals surface area contributed by atoms with Crippen molar-refractivity contribution in [1.82, 2.24) is 4.57 Å². The molecule has 0 saturated carbocycles. The highest BCUT2D eigenvalue weighted by Gasteiger charge is 2.11. The summed E-state index contributed by atoms with van der Waals surface area (Å²) in [5.41, 5.74) is 9.19. The van der Waals surface area contributed by atoms with E-state index in [1.807, 2.05) is 12.1 Å². The molecule has 3 nitrogen and oxygen atoms in total. The van der Waals surface area contributed by atoms with Gasteiger partial charge in [0.05, 0.1) is 0 Å². The summed E-state index contributed by atoms with van der Waals surface area (Å²) < 4.78 is 21.1. The van der Waals surface area contributed by atoms with Crippen LogP contribution in [0.3, 0.4) is 0 Å². The molecule has 0 aliphatic carbocycles. The van der Waals surface area contributed by atoms with E-state index in [9.17, 15) is 4.39 Å². The van der Waals surface area contributed by atoms with E-state index in [2.05, 4.69) is 23.8 Å². The molecule has 0 fully saturated rings. The molecule has 0 unspecified atom stereocenters. The molecule has 0 saturated heterocycles. The van der Waals surface area contributed by atoms with Crippen LogP contribution in [-0.2, 0) is 19.7 Å². The molecular weight excluding hydrogens is 279 g/mol. The van der Waals surface area contributed by atoms with Crippen molar-refractivity contribution in [3.8, 4) is 5.75 Å². The third-order valence-electron chi connectivity index (χ3n) is 3.82. The second-order valence-electron chi connectivity index (χ2n) is 5.20. The lowest BCUT2D eigenvalue weighted by Crippen LogP contribution is -2.00. The van der Waals surface area contributed by atoms with Gasteiger partial charge in [-0.05, 0) is 30.7 Å². The summed E-state index contributed by atoms with van der Waals surface area (Å²) >= 11 is 0. The topological polar surface area (TPSA) is 40.2 Å². The highest BCUT2D eigenvalue weighted by molar-refractivity contribution is 5.87. The molecule has 4 heteroatoms. The molecule has 2 aromatic carbocycles. The van der Waals surface area contributed by atoms with Crippen molar-refractivity contribution < 1.29 is 9.13 Å². The second-order valence-corrected chi connectivity index (χ2v) is 5.20. The van der Waals surface area contributed by atoms with E-state index in [0.29, 0.717) is 18.9 Å². The van der Waals surface area contributed by atoms with Crippen LogP contribution in [0.15, 0.2) is 48.7 Å². The first-order chi connectivity index (χ1) is 10.7. The van der Waals surface area contributed by atoms with E-state index in [1.165, 1.54) is 12.1 Å². The normalized spacial score (nSPS) is 11.0. The van der Waals surface area contributed by atoms with Crippen LogP contribution in [-0.4, -0.2) is 4.57 Å². The van der Waals surface area contributed by atoms with Crippen LogP contribution in [0.25, 0.3) is 10.9 Å². The molecule has 3 rings (SSSR count). The third kappa shape index (κ3) is 2.70. The predicted molar refractivity (Wildman–Crippen MR) is 86.2 cm³/mol. The SMILES string of the molecule is CCn1cc(COc2cccc(F)c2)c2c(CN)cccc21. The van der Waals surface area contributed by atoms with Crippen LogP contribution in [0.5, 0.6) is 5.75 Å². The Labute approximate surface area is 129 Å². The maximum atomic E-state index is 13.2. The fraction of sp³-hybridized carbons (Fsp3) is 0.222. The van der Waals surface area contributed by atoms with Crippen molar-refractivity contribution in [2.75, 3.05) is 0 Å². The van der Waals surface area contributed by atoms with E-state index >= 15 is 0 Å². The van der Waals surface area contributed by atoms with E-state index in [0.717, 1.165) is 28.6 Å². The van der Waals surface area contributed by atoms with Crippen molar-refractivity contribution in [1.29, 1.82) is 0 Å². The van der Waals surface area contributed by atoms with Crippen LogP contribution in [0.4, 0.5) is 4.39 Å². The zero-order valence-electron chi connectivity index (χ0n) is 12.6. The summed E-state index contributed by atoms with van der Waals surface area (Å²) in [6, 6.07) is 12.3. The molecular formula is C18H19FN2O. The summed E-state index contributed by atoms with van der Waals surface area (Å²) in [5.74, 6) is 0.235. The van der Waals surface area contributed by atoms with Gasteiger partial charge in [0.15, 0.2) is 0 Å². The van der Waals surface area contributed by atoms with E-state index in [1.54, 1.807) is 12.1 Å². The van der Waals surface area contributed by atoms with Crippen LogP contribution >= 0.6 is 0 Å². The third-order valence-corrected chi connectivity index (χ3v) is 3.82. The van der Waals surface area contributed by atoms with E-state index in [-0.39, 0.29) is 5.82 Å². The minimum atomic E-state index is -0.295. The Hall–Kier alpha value is -2.33. The molecule has 0 spiro atoms. The number of fused-ring (bicyclic) bond motifs is 1. The zero-order chi connectivity index (χ0) is 15.5. The summed E-state index contributed by atoms with van der Waals surface area (Å²) in [6.07, 6.45) is 2.09. The number of aromatic nitrogens is 1. The number of hydrogen-bond acceptors (Lipinski definition) is 2. The van der Waals surface area contributed by atoms with E-state index < -0.39 is 0 Å². The summed E-state index contributed by atoms with van der Waals surface area (Å²) in [7, 11) is 0. The van der Waals surface area contributed by atoms with Crippen LogP contribution < -0.4 is 10.5 Å². The first-order valence-electron chi connectivity index (χ1n) is 7.41. The molecule has 0 atom stereocenters. The van der Waals surface area contributed by atoms with Gasteiger partial charge in [-0.15, -0.1) is 0 Å². The Morgan fingerprint density at radius 3 is 2.68 bits per heavy atom. The smallest absolute Gasteiger partial charge is 0.126 e. The minimum Gasteiger partial charge on any atom is -0.489 e. The van der Waals surface area contributed by atoms with Crippen LogP contribution in [0.2, 0.25) is 0 Å². The summed E-state index contributed by atoms with van der Waals surface area (Å²) in [5, 5.41) is 1.14. The van der Waals surface area contributed by atoms with Gasteiger partial charge in [-0.3, -0.25) is 0 Å². The molecule has 0 radical (unpaired) electrons. The molecule has 3 aromatic rings. The monoisotopic (exact) mass is 298 g/mol. The highest BCUT2D eigenvalue weighted by atomic mass is 19.1. The first kappa shape index (κ1) is 14.6. The maximum absolute atomic E-state index is 13.2. The molecule has 0 amide bonds. The largest absolute Gasteiger partial charge is 0.489 e. The number of rotatable bonds is 5. The van der Waals surface area contributed by atoms with Gasteiger partial charge in [0, 0.05) is 41.8 Å². The molecule has 0 aliphatic rings. The Morgan fingerprint density at radius 2 is 1.95 bits per heavy atom. The fourth-order valence-corrected chi connectivity index (χ4v) is 2.78. The van der Waals surface area contributed by atoms with Crippen molar-refractivity contribution in [2.45, 2.75) is 26.6 Å². The van der Waals surface area contributed by atoms with Gasteiger partial charge in [0.2, 0.25) is 0 Å². The molecule has 2 N–H and O–H groups in total. The average molecular weight is 298 g/mol. The van der Waals surface area contributed by atoms with Gasteiger partial charge in [-0.2, -0.15) is 0 Å². The minimum absolute atomic E-state index is 0.295. The number of nitrogens with zero attached hydrogens (tertiary/aromatic N) is 1. The lowest BCUT2D eigenvalue weighted by Gasteiger charge is -2.07. The quantitative estimate of drug-likeness (QED) is 0.777. The molecule has 114 valence electrons. The molecule has 1 aromatic heterocycles. The van der Waals surface area contributed by atoms with Gasteiger partial charge in [0.1, 0.15) is 18.2 Å². The number of benzene rings is 2. The number of nitrogens with two attached hydrogens (primary N) is 1. The van der Waals surface area contributed by atoms with Gasteiger partial charge < -0.3 is 15.0 Å². The molecule has 1 heterocycles. The van der Waals surface area contributed by atoms with Crippen LogP contribution in [0, 0.1) is 5.82 Å². The Morgan fingerprint density at radius 1 is 1.14 bits per heavy atom. The number of hydrogen-bond donors (Lipinski definition) is 1. The van der Waals surface area contributed by atoms with Crippen LogP contribution in [0.1, 0.15) is 18.1 Å². The average Bonchev–Trinajstić information content (AvgIpc) is 2.91. The Balaban J connectivity index is 1.96. The predicted octanol–water partition coefficient (Wildman–Crippen LogP) is 3.84. The van der Waals surface area contributed by atoms with Crippen molar-refractivity contribution in [2.24, 2.45) is 5.73 Å². The number of aryl methyl sites for hydroxylation is 1. The summed E-state index contributed by atoms with van der Waals surface area (Å²) in [6.45, 7) is 3.86. The van der Waals surface area contributed by atoms with Crippen molar-refractivity contribution >= 4 is 10.9 Å². The highest BCUT2D eigenvalue weighted by Crippen LogP contribution is 2.26. The maximum Gasteiger partial charge on any atom is 0.126 e. The Kier molecular flexibility index (Phi) is 4.11. The van der Waals surface area contributed by atoms with Crippen molar-refractivity contribution in [3.05, 3.63) is 65.6 Å². The van der Waals surface area contributed by atoms with E-state index in [4.69, 9.17) is 10.5 Å². The van der Waals surface area contributed by atoms with Crippen molar-refractivity contribution in [3.63, 3.8) is 0 Å². The molecule has 22 heavy (non-hydrogen) atoms. The fourth-order valence-electron chi connectivity index (χ4n) is 2.78. The molecule has 0 aliphatic heterocycles. The first-order valence-corrected chi connectivity index (χ1v) is 7.41. The van der Waals surface area contributed by atoms with Gasteiger partial charge in [-0.25, -0.2) is 4.39 Å². The van der Waals surface area contributed by atoms with Gasteiger partial charge >= 0.3 is 0 Å². The number of halogens is 1. The zero-order valence-corrected chi connectivity index (χ0v) is 12.6. The second kappa shape index (κ2) is 6.20. The Bertz CT molecular complexity index is 795. The standard InChI is InChI=1S/C18H19FN2O/c1-2-21-11-14(12-22-16-7-4-6-15(19)9-16)18-13(10-20)5-3-8-17(18)21/h3-9,11H,2,10,12,20H2,1H3.